The van der Waals surface area contributed by atoms with Crippen molar-refractivity contribution in [2.45, 2.75) is 51.8 Å². The molecule has 3 saturated heterocycles. The minimum Gasteiger partial charge on any atom is -0.496 e. The number of benzene rings is 2. The van der Waals surface area contributed by atoms with Gasteiger partial charge in [-0.1, -0.05) is 6.92 Å². The van der Waals surface area contributed by atoms with Crippen molar-refractivity contribution in [1.29, 1.82) is 0 Å². The average Bonchev–Trinajstić information content (AvgIpc) is 1.69. The van der Waals surface area contributed by atoms with E-state index in [4.69, 9.17) is 19.3 Å². The van der Waals surface area contributed by atoms with Gasteiger partial charge < -0.3 is 59.6 Å². The quantitative estimate of drug-likeness (QED) is 0.0614. The summed E-state index contributed by atoms with van der Waals surface area (Å²) in [5, 5.41) is 32.3. The van der Waals surface area contributed by atoms with Crippen LogP contribution in [0.5, 0.6) is 11.5 Å². The molecule has 4 aliphatic rings. The van der Waals surface area contributed by atoms with Gasteiger partial charge in [0.25, 0.3) is 5.91 Å². The van der Waals surface area contributed by atoms with Crippen LogP contribution in [0.15, 0.2) is 48.8 Å². The second-order valence-electron chi connectivity index (χ2n) is 22.4. The molecule has 1 unspecified atom stereocenters. The van der Waals surface area contributed by atoms with E-state index in [2.05, 4.69) is 30.7 Å². The van der Waals surface area contributed by atoms with Crippen molar-refractivity contribution in [3.8, 4) is 39.6 Å². The van der Waals surface area contributed by atoms with Crippen molar-refractivity contribution in [2.75, 3.05) is 156 Å². The summed E-state index contributed by atoms with van der Waals surface area (Å²) < 4.78 is 58.1. The smallest absolute Gasteiger partial charge is 0.317 e. The third kappa shape index (κ3) is 17.7. The van der Waals surface area contributed by atoms with Gasteiger partial charge in [0.2, 0.25) is 23.6 Å². The van der Waals surface area contributed by atoms with Crippen LogP contribution in [0.25, 0.3) is 28.1 Å². The molecule has 2 aromatic carbocycles. The van der Waals surface area contributed by atoms with Crippen LogP contribution < -0.4 is 25.4 Å². The molecular weight excluding hydrogens is 1160 g/mol. The Bertz CT molecular complexity index is 3110. The molecule has 6 N–H and O–H groups in total. The lowest BCUT2D eigenvalue weighted by Gasteiger charge is -2.41. The molecule has 4 aromatic rings. The number of carboxylic acids is 2. The largest absolute Gasteiger partial charge is 0.496 e. The third-order valence-electron chi connectivity index (χ3n) is 15.8. The number of hydrogen-bond acceptors (Lipinski definition) is 19. The van der Waals surface area contributed by atoms with Gasteiger partial charge in [0.1, 0.15) is 35.8 Å². The standard InChI is InChI=1S/C58H77F2N13O13S/c1-5-66-8-10-68(12-13-70(35-53(79)80)15-14-69(11-9-66)34-52(77)78)33-51(76)64-46(56(81)71-18-16-67(17-19-71)21-23-87-83)32-62-49(74)6-7-50(75)63-41-24-38(30-61-31-41)43-28-44-48(29-47(43)84-4)86-36-45-54(57(82)72-20-22-85-37-58(72,2)3)65-73(55(44)45)42-26-39(59)25-40(60)27-42/h24-31,46,83H,5-23,32-37H2,1-4H3,(H,62,74)(H,63,75)(H,64,76)(H,77,78)(H,79,80). The number of hydrogen-bond donors (Lipinski definition) is 6. The number of rotatable bonds is 22. The van der Waals surface area contributed by atoms with Gasteiger partial charge in [-0.05, 0) is 56.7 Å². The first-order chi connectivity index (χ1) is 41.7. The molecule has 0 saturated carbocycles. The van der Waals surface area contributed by atoms with Crippen molar-refractivity contribution in [3.05, 3.63) is 71.7 Å². The van der Waals surface area contributed by atoms with E-state index in [9.17, 15) is 57.1 Å². The lowest BCUT2D eigenvalue weighted by atomic mass is 9.95. The second kappa shape index (κ2) is 30.5. The molecule has 29 heteroatoms. The van der Waals surface area contributed by atoms with Gasteiger partial charge in [0.15, 0.2) is 5.69 Å². The molecule has 5 amide bonds. The third-order valence-corrected chi connectivity index (χ3v) is 16.2. The molecule has 0 spiro atoms. The number of nitrogens with zero attached hydrogens (tertiary/aromatic N) is 10. The number of piperazine rings is 1. The zero-order valence-corrected chi connectivity index (χ0v) is 50.3. The number of ether oxygens (including phenoxy) is 3. The zero-order chi connectivity index (χ0) is 62.4. The number of pyridine rings is 1. The van der Waals surface area contributed by atoms with Gasteiger partial charge in [0, 0.05) is 157 Å². The van der Waals surface area contributed by atoms with Crippen LogP contribution in [0.4, 0.5) is 14.5 Å². The Morgan fingerprint density at radius 1 is 0.747 bits per heavy atom. The highest BCUT2D eigenvalue weighted by Gasteiger charge is 2.40. The lowest BCUT2D eigenvalue weighted by Crippen LogP contribution is -2.59. The number of likely N-dealkylation sites (N-methyl/N-ethyl adjacent to an activating group) is 1. The number of aliphatic carboxylic acids is 2. The molecule has 8 rings (SSSR count). The van der Waals surface area contributed by atoms with E-state index in [1.807, 2.05) is 25.7 Å². The van der Waals surface area contributed by atoms with E-state index in [0.717, 1.165) is 30.2 Å². The SMILES string of the molecule is CCN1CCN(CC(=O)O)CCN(CC(=O)O)CCN(CC(=O)NC(CNC(=O)CCC(=O)Nc2cncc(-c3cc4c(cc3OC)OCc3c(C(=O)N5CCOCC5(C)C)nn(-c5cc(F)cc(F)c5)c3-4)c2)C(=O)N2CCN(CCSO)CC2)CC1. The summed E-state index contributed by atoms with van der Waals surface area (Å²) in [6, 6.07) is 6.77. The van der Waals surface area contributed by atoms with Crippen LogP contribution >= 0.6 is 12.0 Å². The van der Waals surface area contributed by atoms with Crippen molar-refractivity contribution in [2.24, 2.45) is 0 Å². The molecule has 2 aromatic heterocycles. The van der Waals surface area contributed by atoms with E-state index in [0.29, 0.717) is 124 Å². The van der Waals surface area contributed by atoms with Crippen LogP contribution in [-0.4, -0.2) is 267 Å². The highest BCUT2D eigenvalue weighted by molar-refractivity contribution is 7.93. The van der Waals surface area contributed by atoms with E-state index in [-0.39, 0.29) is 95.5 Å². The molecule has 6 heterocycles. The Hall–Kier alpha value is -7.38. The molecule has 1 atom stereocenters. The fourth-order valence-electron chi connectivity index (χ4n) is 11.0. The van der Waals surface area contributed by atoms with E-state index in [1.54, 1.807) is 37.8 Å². The summed E-state index contributed by atoms with van der Waals surface area (Å²) in [6.45, 7) is 11.7. The molecule has 4 aliphatic heterocycles. The number of nitrogens with one attached hydrogen (secondary N) is 3. The fourth-order valence-corrected chi connectivity index (χ4v) is 11.4. The van der Waals surface area contributed by atoms with Gasteiger partial charge in [-0.3, -0.25) is 58.1 Å². The maximum Gasteiger partial charge on any atom is 0.317 e. The van der Waals surface area contributed by atoms with Gasteiger partial charge in [-0.2, -0.15) is 5.10 Å². The minimum atomic E-state index is -1.19. The zero-order valence-electron chi connectivity index (χ0n) is 49.4. The summed E-state index contributed by atoms with van der Waals surface area (Å²) in [6.07, 6.45) is 2.37. The summed E-state index contributed by atoms with van der Waals surface area (Å²) in [5.74, 6) is -5.02. The minimum absolute atomic E-state index is 0.0239. The highest BCUT2D eigenvalue weighted by atomic mass is 32.2. The molecule has 3 fully saturated rings. The predicted octanol–water partition coefficient (Wildman–Crippen LogP) is 2.11. The van der Waals surface area contributed by atoms with Crippen LogP contribution in [0.1, 0.15) is 49.7 Å². The Kier molecular flexibility index (Phi) is 23.0. The Morgan fingerprint density at radius 2 is 1.37 bits per heavy atom. The first-order valence-electron chi connectivity index (χ1n) is 29.0. The van der Waals surface area contributed by atoms with Gasteiger partial charge >= 0.3 is 11.9 Å². The van der Waals surface area contributed by atoms with Gasteiger partial charge in [0.05, 0.1) is 68.8 Å². The maximum atomic E-state index is 14.9. The molecular formula is C58H77F2N13O13S. The van der Waals surface area contributed by atoms with Crippen LogP contribution in [0.2, 0.25) is 0 Å². The van der Waals surface area contributed by atoms with Crippen LogP contribution in [0, 0.1) is 11.6 Å². The highest BCUT2D eigenvalue weighted by Crippen LogP contribution is 2.46. The normalized spacial score (nSPS) is 17.8. The number of amides is 5. The van der Waals surface area contributed by atoms with Gasteiger partial charge in [-0.15, -0.1) is 0 Å². The van der Waals surface area contributed by atoms with E-state index >= 15 is 0 Å². The van der Waals surface area contributed by atoms with E-state index in [1.165, 1.54) is 24.2 Å². The van der Waals surface area contributed by atoms with Crippen molar-refractivity contribution in [1.82, 2.24) is 59.7 Å². The number of methoxy groups -OCH3 is 1. The summed E-state index contributed by atoms with van der Waals surface area (Å²) in [5.41, 5.74) is 1.71. The average molecular weight is 1230 g/mol. The number of carbonyl (C=O) groups excluding carboxylic acids is 5. The molecule has 472 valence electrons. The first-order valence-corrected chi connectivity index (χ1v) is 29.9. The van der Waals surface area contributed by atoms with Crippen molar-refractivity contribution < 1.29 is 71.3 Å². The van der Waals surface area contributed by atoms with Gasteiger partial charge in [-0.25, -0.2) is 13.5 Å². The van der Waals surface area contributed by atoms with Crippen LogP contribution in [0.3, 0.4) is 0 Å². The fraction of sp³-hybridized carbons (Fsp3) is 0.534. The molecule has 0 aliphatic carbocycles. The van der Waals surface area contributed by atoms with Crippen LogP contribution in [-0.2, 0) is 40.1 Å². The molecule has 26 nitrogen and oxygen atoms in total. The monoisotopic (exact) mass is 1230 g/mol. The number of anilines is 1. The summed E-state index contributed by atoms with van der Waals surface area (Å²) in [4.78, 5) is 110. The van der Waals surface area contributed by atoms with E-state index < -0.39 is 64.7 Å². The number of halogens is 2. The first kappa shape index (κ1) is 65.6. The number of carbonyl (C=O) groups is 7. The number of carboxylic acid groups (broad SMARTS) is 2. The Labute approximate surface area is 507 Å². The maximum absolute atomic E-state index is 14.9. The molecule has 0 radical (unpaired) electrons. The summed E-state index contributed by atoms with van der Waals surface area (Å²) >= 11 is 0.733. The molecule has 0 bridgehead atoms. The predicted molar refractivity (Wildman–Crippen MR) is 317 cm³/mol. The Morgan fingerprint density at radius 3 is 1.98 bits per heavy atom. The van der Waals surface area contributed by atoms with Crippen molar-refractivity contribution in [3.63, 3.8) is 0 Å². The number of fused-ring (bicyclic) bond motifs is 3. The Balaban J connectivity index is 0.946. The second-order valence-corrected chi connectivity index (χ2v) is 23.0. The number of aromatic nitrogens is 3. The van der Waals surface area contributed by atoms with Crippen molar-refractivity contribution >= 4 is 59.2 Å². The topological polar surface area (TPSA) is 297 Å². The number of morpholine rings is 1. The molecule has 87 heavy (non-hydrogen) atoms. The lowest BCUT2D eigenvalue weighted by molar-refractivity contribution is -0.140. The summed E-state index contributed by atoms with van der Waals surface area (Å²) in [7, 11) is 1.46.